The van der Waals surface area contributed by atoms with Crippen molar-refractivity contribution in [3.05, 3.63) is 101 Å². The minimum Gasteiger partial charge on any atom is -0.368 e. The highest BCUT2D eigenvalue weighted by atomic mass is 32.2. The van der Waals surface area contributed by atoms with E-state index >= 15 is 0 Å². The summed E-state index contributed by atoms with van der Waals surface area (Å²) in [5, 5.41) is 10.6. The summed E-state index contributed by atoms with van der Waals surface area (Å²) >= 11 is 1.58. The minimum absolute atomic E-state index is 0.0844. The zero-order valence-electron chi connectivity index (χ0n) is 17.0. The highest BCUT2D eigenvalue weighted by molar-refractivity contribution is 8.00. The number of hydrogen-bond acceptors (Lipinski definition) is 5. The van der Waals surface area contributed by atoms with Crippen molar-refractivity contribution >= 4 is 29.0 Å². The Labute approximate surface area is 185 Å². The normalized spacial score (nSPS) is 14.8. The molecule has 6 nitrogen and oxygen atoms in total. The SMILES string of the molecule is O=C([C@H](Sc1ccccc1)c1ccccc1)N1CCN(c2ccc([N+](=O)[O-])cc2)CC1. The van der Waals surface area contributed by atoms with E-state index in [1.165, 1.54) is 12.1 Å². The Hall–Kier alpha value is -3.32. The summed E-state index contributed by atoms with van der Waals surface area (Å²) in [6.07, 6.45) is 0. The molecule has 0 unspecified atom stereocenters. The van der Waals surface area contributed by atoms with Gasteiger partial charge in [0.25, 0.3) is 5.69 Å². The van der Waals surface area contributed by atoms with Crippen LogP contribution in [0.15, 0.2) is 89.8 Å². The third-order valence-electron chi connectivity index (χ3n) is 5.34. The number of non-ortho nitro benzene ring substituents is 1. The predicted molar refractivity (Wildman–Crippen MR) is 123 cm³/mol. The number of amides is 1. The van der Waals surface area contributed by atoms with Crippen molar-refractivity contribution in [2.45, 2.75) is 10.1 Å². The first-order valence-electron chi connectivity index (χ1n) is 10.2. The van der Waals surface area contributed by atoms with Crippen molar-refractivity contribution < 1.29 is 9.72 Å². The molecule has 0 aliphatic carbocycles. The van der Waals surface area contributed by atoms with Crippen LogP contribution in [0.5, 0.6) is 0 Å². The van der Waals surface area contributed by atoms with Crippen LogP contribution in [0, 0.1) is 10.1 Å². The largest absolute Gasteiger partial charge is 0.368 e. The Morgan fingerprint density at radius 2 is 1.42 bits per heavy atom. The van der Waals surface area contributed by atoms with Crippen molar-refractivity contribution in [3.63, 3.8) is 0 Å². The molecular formula is C24H23N3O3S. The number of benzene rings is 3. The summed E-state index contributed by atoms with van der Waals surface area (Å²) in [6.45, 7) is 2.63. The van der Waals surface area contributed by atoms with E-state index in [4.69, 9.17) is 0 Å². The summed E-state index contributed by atoms with van der Waals surface area (Å²) in [6, 6.07) is 26.5. The number of nitrogens with zero attached hydrogens (tertiary/aromatic N) is 3. The van der Waals surface area contributed by atoms with E-state index in [2.05, 4.69) is 4.90 Å². The highest BCUT2D eigenvalue weighted by Crippen LogP contribution is 2.37. The number of nitro groups is 1. The Bertz CT molecular complexity index is 1020. The van der Waals surface area contributed by atoms with Gasteiger partial charge in [0.15, 0.2) is 0 Å². The number of thioether (sulfide) groups is 1. The molecule has 0 spiro atoms. The number of anilines is 1. The summed E-state index contributed by atoms with van der Waals surface area (Å²) < 4.78 is 0. The molecule has 1 saturated heterocycles. The molecule has 158 valence electrons. The fraction of sp³-hybridized carbons (Fsp3) is 0.208. The van der Waals surface area contributed by atoms with Gasteiger partial charge < -0.3 is 9.80 Å². The van der Waals surface area contributed by atoms with Crippen molar-refractivity contribution in [1.29, 1.82) is 0 Å². The number of hydrogen-bond donors (Lipinski definition) is 0. The van der Waals surface area contributed by atoms with Gasteiger partial charge in [0.2, 0.25) is 5.91 Å². The fourth-order valence-electron chi connectivity index (χ4n) is 3.66. The molecule has 31 heavy (non-hydrogen) atoms. The zero-order valence-corrected chi connectivity index (χ0v) is 17.8. The van der Waals surface area contributed by atoms with Crippen LogP contribution in [0.2, 0.25) is 0 Å². The van der Waals surface area contributed by atoms with E-state index in [0.29, 0.717) is 26.2 Å². The van der Waals surface area contributed by atoms with Gasteiger partial charge in [-0.25, -0.2) is 0 Å². The van der Waals surface area contributed by atoms with E-state index in [0.717, 1.165) is 16.1 Å². The average molecular weight is 434 g/mol. The fourth-order valence-corrected chi connectivity index (χ4v) is 4.79. The predicted octanol–water partition coefficient (Wildman–Crippen LogP) is 4.78. The molecule has 0 radical (unpaired) electrons. The van der Waals surface area contributed by atoms with Crippen molar-refractivity contribution in [2.24, 2.45) is 0 Å². The van der Waals surface area contributed by atoms with E-state index < -0.39 is 4.92 Å². The third kappa shape index (κ3) is 5.06. The van der Waals surface area contributed by atoms with Gasteiger partial charge in [0.1, 0.15) is 5.25 Å². The highest BCUT2D eigenvalue weighted by Gasteiger charge is 2.29. The Kier molecular flexibility index (Phi) is 6.52. The molecule has 1 aliphatic rings. The molecule has 1 aliphatic heterocycles. The molecule has 0 N–H and O–H groups in total. The molecule has 1 fully saturated rings. The van der Waals surface area contributed by atoms with E-state index in [9.17, 15) is 14.9 Å². The average Bonchev–Trinajstić information content (AvgIpc) is 2.83. The van der Waals surface area contributed by atoms with Crippen LogP contribution in [0.25, 0.3) is 0 Å². The molecule has 1 heterocycles. The quantitative estimate of drug-likeness (QED) is 0.318. The van der Waals surface area contributed by atoms with Gasteiger partial charge in [-0.2, -0.15) is 0 Å². The maximum Gasteiger partial charge on any atom is 0.269 e. The van der Waals surface area contributed by atoms with Gasteiger partial charge in [-0.15, -0.1) is 11.8 Å². The van der Waals surface area contributed by atoms with Gasteiger partial charge >= 0.3 is 0 Å². The van der Waals surface area contributed by atoms with E-state index in [1.54, 1.807) is 23.9 Å². The maximum absolute atomic E-state index is 13.5. The van der Waals surface area contributed by atoms with E-state index in [-0.39, 0.29) is 16.8 Å². The van der Waals surface area contributed by atoms with Crippen LogP contribution >= 0.6 is 11.8 Å². The second-order valence-electron chi connectivity index (χ2n) is 7.31. The molecule has 0 saturated carbocycles. The standard InChI is InChI=1S/C24H23N3O3S/c28-24(23(19-7-3-1-4-8-19)31-22-9-5-2-6-10-22)26-17-15-25(16-18-26)20-11-13-21(14-12-20)27(29)30/h1-14,23H,15-18H2/t23-/m1/s1. The lowest BCUT2D eigenvalue weighted by atomic mass is 10.1. The summed E-state index contributed by atoms with van der Waals surface area (Å²) in [4.78, 5) is 29.1. The second-order valence-corrected chi connectivity index (χ2v) is 8.49. The summed E-state index contributed by atoms with van der Waals surface area (Å²) in [7, 11) is 0. The van der Waals surface area contributed by atoms with Crippen LogP contribution < -0.4 is 4.90 Å². The third-order valence-corrected chi connectivity index (χ3v) is 6.59. The number of rotatable bonds is 6. The molecule has 3 aromatic rings. The monoisotopic (exact) mass is 433 g/mol. The molecule has 1 atom stereocenters. The van der Waals surface area contributed by atoms with Gasteiger partial charge in [-0.3, -0.25) is 14.9 Å². The van der Waals surface area contributed by atoms with Crippen LogP contribution in [0.1, 0.15) is 10.8 Å². The molecule has 1 amide bonds. The number of nitro benzene ring substituents is 1. The lowest BCUT2D eigenvalue weighted by Gasteiger charge is -2.37. The number of carbonyl (C=O) groups excluding carboxylic acids is 1. The Balaban J connectivity index is 1.45. The van der Waals surface area contributed by atoms with Crippen LogP contribution in [-0.4, -0.2) is 41.9 Å². The molecular weight excluding hydrogens is 410 g/mol. The van der Waals surface area contributed by atoms with Gasteiger partial charge in [-0.05, 0) is 29.8 Å². The van der Waals surface area contributed by atoms with Gasteiger partial charge in [0.05, 0.1) is 4.92 Å². The molecule has 7 heteroatoms. The number of carbonyl (C=O) groups is 1. The first-order valence-corrected chi connectivity index (χ1v) is 11.0. The Morgan fingerprint density at radius 1 is 0.839 bits per heavy atom. The summed E-state index contributed by atoms with van der Waals surface area (Å²) in [5.74, 6) is 0.114. The van der Waals surface area contributed by atoms with E-state index in [1.807, 2.05) is 65.6 Å². The molecule has 0 bridgehead atoms. The van der Waals surface area contributed by atoms with Crippen LogP contribution in [0.4, 0.5) is 11.4 Å². The first-order chi connectivity index (χ1) is 15.1. The Morgan fingerprint density at radius 3 is 2.00 bits per heavy atom. The molecule has 0 aromatic heterocycles. The van der Waals surface area contributed by atoms with Gasteiger partial charge in [-0.1, -0.05) is 48.5 Å². The first kappa shape index (κ1) is 20.9. The minimum atomic E-state index is -0.394. The van der Waals surface area contributed by atoms with Crippen LogP contribution in [0.3, 0.4) is 0 Å². The smallest absolute Gasteiger partial charge is 0.269 e. The van der Waals surface area contributed by atoms with Crippen molar-refractivity contribution in [1.82, 2.24) is 4.90 Å². The zero-order chi connectivity index (χ0) is 21.6. The number of piperazine rings is 1. The topological polar surface area (TPSA) is 66.7 Å². The lowest BCUT2D eigenvalue weighted by Crippen LogP contribution is -2.49. The van der Waals surface area contributed by atoms with Crippen molar-refractivity contribution in [2.75, 3.05) is 31.1 Å². The summed E-state index contributed by atoms with van der Waals surface area (Å²) in [5.41, 5.74) is 2.02. The lowest BCUT2D eigenvalue weighted by molar-refractivity contribution is -0.384. The van der Waals surface area contributed by atoms with Crippen molar-refractivity contribution in [3.8, 4) is 0 Å². The second kappa shape index (κ2) is 9.66. The maximum atomic E-state index is 13.5. The van der Waals surface area contributed by atoms with Crippen LogP contribution in [-0.2, 0) is 4.79 Å². The molecule has 4 rings (SSSR count). The van der Waals surface area contributed by atoms with Gasteiger partial charge in [0, 0.05) is 48.9 Å². The molecule has 3 aromatic carbocycles.